The summed E-state index contributed by atoms with van der Waals surface area (Å²) in [5.41, 5.74) is 1.12. The number of hydrogen-bond acceptors (Lipinski definition) is 8. The predicted molar refractivity (Wildman–Crippen MR) is 140 cm³/mol. The molecule has 13 heteroatoms. The van der Waals surface area contributed by atoms with Gasteiger partial charge in [0.05, 0.1) is 58.3 Å². The molecule has 4 heterocycles. The van der Waals surface area contributed by atoms with E-state index in [0.717, 1.165) is 6.26 Å². The van der Waals surface area contributed by atoms with Gasteiger partial charge in [0.25, 0.3) is 5.91 Å². The Morgan fingerprint density at radius 2 is 2.11 bits per heavy atom. The van der Waals surface area contributed by atoms with Crippen LogP contribution in [0, 0.1) is 11.3 Å². The van der Waals surface area contributed by atoms with Crippen LogP contribution in [-0.4, -0.2) is 82.0 Å². The number of aromatic nitrogens is 3. The molecule has 3 N–H and O–H groups in total. The van der Waals surface area contributed by atoms with Crippen LogP contribution in [0.4, 0.5) is 10.1 Å². The van der Waals surface area contributed by atoms with Crippen LogP contribution in [-0.2, 0) is 10.0 Å². The van der Waals surface area contributed by atoms with Crippen LogP contribution in [0.15, 0.2) is 36.7 Å². The summed E-state index contributed by atoms with van der Waals surface area (Å²) in [7, 11) is -3.38. The molecule has 0 spiro atoms. The Kier molecular flexibility index (Phi) is 7.68. The molecule has 0 aromatic carbocycles. The van der Waals surface area contributed by atoms with Crippen LogP contribution < -0.4 is 10.6 Å². The zero-order valence-corrected chi connectivity index (χ0v) is 22.2. The Balaban J connectivity index is 1.68. The summed E-state index contributed by atoms with van der Waals surface area (Å²) in [6, 6.07) is 8.72. The second-order valence-electron chi connectivity index (χ2n) is 9.96. The first-order valence-corrected chi connectivity index (χ1v) is 14.0. The molecule has 0 unspecified atom stereocenters. The Hall–Kier alpha value is -3.60. The van der Waals surface area contributed by atoms with Gasteiger partial charge in [0.1, 0.15) is 12.2 Å². The summed E-state index contributed by atoms with van der Waals surface area (Å²) in [6.45, 7) is 2.89. The number of carbonyl (C=O) groups is 1. The van der Waals surface area contributed by atoms with Gasteiger partial charge in [-0.3, -0.25) is 9.78 Å². The van der Waals surface area contributed by atoms with Crippen molar-refractivity contribution in [2.24, 2.45) is 0 Å². The summed E-state index contributed by atoms with van der Waals surface area (Å²) in [5, 5.41) is 29.1. The van der Waals surface area contributed by atoms with Gasteiger partial charge in [0.2, 0.25) is 10.0 Å². The molecule has 3 aromatic rings. The van der Waals surface area contributed by atoms with Gasteiger partial charge in [0.15, 0.2) is 0 Å². The highest BCUT2D eigenvalue weighted by atomic mass is 32.2. The number of nitrogens with zero attached hydrogens (tertiary/aromatic N) is 5. The van der Waals surface area contributed by atoms with Crippen LogP contribution in [0.3, 0.4) is 0 Å². The highest BCUT2D eigenvalue weighted by Gasteiger charge is 2.29. The van der Waals surface area contributed by atoms with Gasteiger partial charge < -0.3 is 15.7 Å². The molecule has 38 heavy (non-hydrogen) atoms. The zero-order valence-electron chi connectivity index (χ0n) is 21.3. The number of nitriles is 1. The first-order chi connectivity index (χ1) is 17.9. The lowest BCUT2D eigenvalue weighted by Gasteiger charge is -2.32. The Labute approximate surface area is 220 Å². The fraction of sp³-hybridized carbons (Fsp3) is 0.440. The van der Waals surface area contributed by atoms with Crippen LogP contribution in [0.5, 0.6) is 0 Å². The highest BCUT2D eigenvalue weighted by Crippen LogP contribution is 2.27. The zero-order chi connectivity index (χ0) is 27.7. The van der Waals surface area contributed by atoms with Gasteiger partial charge in [-0.15, -0.1) is 0 Å². The molecule has 2 atom stereocenters. The number of amides is 1. The average Bonchev–Trinajstić information content (AvgIpc) is 3.29. The van der Waals surface area contributed by atoms with E-state index >= 15 is 0 Å². The van der Waals surface area contributed by atoms with E-state index in [-0.39, 0.29) is 18.2 Å². The fourth-order valence-electron chi connectivity index (χ4n) is 4.26. The molecule has 11 nitrogen and oxygen atoms in total. The first-order valence-electron chi connectivity index (χ1n) is 12.1. The quantitative estimate of drug-likeness (QED) is 0.390. The first kappa shape index (κ1) is 27.4. The van der Waals surface area contributed by atoms with Crippen LogP contribution in [0.1, 0.15) is 42.6 Å². The van der Waals surface area contributed by atoms with E-state index in [1.165, 1.54) is 30.5 Å². The highest BCUT2D eigenvalue weighted by molar-refractivity contribution is 7.88. The molecule has 1 fully saturated rings. The topological polar surface area (TPSA) is 153 Å². The van der Waals surface area contributed by atoms with Crippen LogP contribution in [0.25, 0.3) is 16.9 Å². The van der Waals surface area contributed by atoms with Crippen molar-refractivity contribution < 1.29 is 22.7 Å². The van der Waals surface area contributed by atoms with E-state index in [2.05, 4.69) is 26.8 Å². The molecule has 0 saturated carbocycles. The number of fused-ring (bicyclic) bond motifs is 1. The molecule has 1 saturated heterocycles. The van der Waals surface area contributed by atoms with Gasteiger partial charge >= 0.3 is 0 Å². The fourth-order valence-corrected chi connectivity index (χ4v) is 5.17. The SMILES string of the molecule is CC(C)(O)[C@H](F)CNC(=O)c1cnc(-c2ccc3cc(C#N)cnn23)cc1N[C@@H]1CCCN(S(C)(=O)=O)C1. The molecule has 1 aliphatic rings. The van der Waals surface area contributed by atoms with Crippen molar-refractivity contribution in [1.82, 2.24) is 24.2 Å². The smallest absolute Gasteiger partial charge is 0.255 e. The van der Waals surface area contributed by atoms with Gasteiger partial charge in [-0.25, -0.2) is 21.6 Å². The third kappa shape index (κ3) is 6.09. The number of halogens is 1. The molecule has 0 bridgehead atoms. The molecule has 0 aliphatic carbocycles. The van der Waals surface area contributed by atoms with Crippen molar-refractivity contribution in [2.45, 2.75) is 44.5 Å². The summed E-state index contributed by atoms with van der Waals surface area (Å²) in [5.74, 6) is -0.592. The normalized spacial score (nSPS) is 17.6. The number of piperidine rings is 1. The Bertz CT molecular complexity index is 1490. The van der Waals surface area contributed by atoms with E-state index in [1.807, 2.05) is 0 Å². The Morgan fingerprint density at radius 1 is 1.34 bits per heavy atom. The minimum absolute atomic E-state index is 0.147. The maximum atomic E-state index is 14.3. The van der Waals surface area contributed by atoms with Crippen LogP contribution >= 0.6 is 0 Å². The predicted octanol–water partition coefficient (Wildman–Crippen LogP) is 1.94. The minimum atomic E-state index is -3.38. The lowest BCUT2D eigenvalue weighted by molar-refractivity contribution is -0.00177. The summed E-state index contributed by atoms with van der Waals surface area (Å²) >= 11 is 0. The number of pyridine rings is 1. The minimum Gasteiger partial charge on any atom is -0.387 e. The molecule has 0 radical (unpaired) electrons. The Morgan fingerprint density at radius 3 is 2.79 bits per heavy atom. The van der Waals surface area contributed by atoms with Crippen molar-refractivity contribution in [3.05, 3.63) is 47.8 Å². The number of anilines is 1. The van der Waals surface area contributed by atoms with Crippen molar-refractivity contribution in [3.8, 4) is 17.5 Å². The summed E-state index contributed by atoms with van der Waals surface area (Å²) < 4.78 is 41.5. The van der Waals surface area contributed by atoms with Crippen molar-refractivity contribution in [1.29, 1.82) is 5.26 Å². The molecule has 4 rings (SSSR count). The monoisotopic (exact) mass is 543 g/mol. The molecular formula is C25H30FN7O4S. The number of nitrogens with one attached hydrogen (secondary N) is 2. The second-order valence-corrected chi connectivity index (χ2v) is 11.9. The number of aliphatic hydroxyl groups is 1. The number of sulfonamides is 1. The van der Waals surface area contributed by atoms with E-state index in [1.54, 1.807) is 28.8 Å². The number of rotatable bonds is 8. The maximum Gasteiger partial charge on any atom is 0.255 e. The van der Waals surface area contributed by atoms with Crippen molar-refractivity contribution >= 4 is 27.1 Å². The van der Waals surface area contributed by atoms with Crippen molar-refractivity contribution in [2.75, 3.05) is 31.2 Å². The third-order valence-electron chi connectivity index (χ3n) is 6.46. The maximum absolute atomic E-state index is 14.3. The van der Waals surface area contributed by atoms with Gasteiger partial charge in [-0.05, 0) is 51.0 Å². The van der Waals surface area contributed by atoms with E-state index in [4.69, 9.17) is 5.26 Å². The summed E-state index contributed by atoms with van der Waals surface area (Å²) in [4.78, 5) is 17.5. The lowest BCUT2D eigenvalue weighted by atomic mass is 10.0. The number of hydrogen-bond donors (Lipinski definition) is 3. The standard InChI is InChI=1S/C25H30FN7O4S/c1-25(2,35)23(26)14-29-24(34)19-13-28-21(22-7-6-18-9-16(11-27)12-30-33(18)22)10-20(19)31-17-5-4-8-32(15-17)38(3,36)37/h6-7,9-10,12-13,17,23,35H,4-5,8,14-15H2,1-3H3,(H,28,31)(H,29,34)/t17-,23-/m1/s1. The van der Waals surface area contributed by atoms with E-state index in [9.17, 15) is 22.7 Å². The van der Waals surface area contributed by atoms with Crippen LogP contribution in [0.2, 0.25) is 0 Å². The lowest BCUT2D eigenvalue weighted by Crippen LogP contribution is -2.45. The molecule has 1 aliphatic heterocycles. The molecular weight excluding hydrogens is 513 g/mol. The second kappa shape index (κ2) is 10.6. The van der Waals surface area contributed by atoms with E-state index in [0.29, 0.717) is 47.5 Å². The van der Waals surface area contributed by atoms with Gasteiger partial charge in [0, 0.05) is 25.3 Å². The number of carbonyl (C=O) groups excluding carboxylic acids is 1. The van der Waals surface area contributed by atoms with Gasteiger partial charge in [-0.1, -0.05) is 0 Å². The van der Waals surface area contributed by atoms with E-state index < -0.39 is 34.2 Å². The number of alkyl halides is 1. The molecule has 202 valence electrons. The molecule has 1 amide bonds. The molecule has 3 aromatic heterocycles. The largest absolute Gasteiger partial charge is 0.387 e. The summed E-state index contributed by atoms with van der Waals surface area (Å²) in [6.07, 6.45) is 3.61. The van der Waals surface area contributed by atoms with Gasteiger partial charge in [-0.2, -0.15) is 10.4 Å². The third-order valence-corrected chi connectivity index (χ3v) is 7.73. The van der Waals surface area contributed by atoms with Crippen molar-refractivity contribution in [3.63, 3.8) is 0 Å². The average molecular weight is 544 g/mol.